The molecule has 1 aliphatic heterocycles. The largest absolute Gasteiger partial charge is 0.296 e. The zero-order chi connectivity index (χ0) is 16.9. The lowest BCUT2D eigenvalue weighted by Gasteiger charge is -2.15. The molecule has 0 aromatic rings. The van der Waals surface area contributed by atoms with E-state index in [9.17, 15) is 9.59 Å². The number of unbranched alkanes of at least 4 members (excludes halogenated alkanes) is 10. The van der Waals surface area contributed by atoms with Gasteiger partial charge in [0.1, 0.15) is 0 Å². The molecule has 2 unspecified atom stereocenters. The average molecular weight is 324 g/mol. The van der Waals surface area contributed by atoms with E-state index in [1.165, 1.54) is 64.2 Å². The molecule has 1 N–H and O–H groups in total. The molecular weight excluding hydrogens is 286 g/mol. The van der Waals surface area contributed by atoms with Crippen LogP contribution in [0.15, 0.2) is 0 Å². The molecule has 23 heavy (non-hydrogen) atoms. The monoisotopic (exact) mass is 323 g/mol. The van der Waals surface area contributed by atoms with Crippen LogP contribution in [0, 0.1) is 11.8 Å². The summed E-state index contributed by atoms with van der Waals surface area (Å²) in [5.74, 6) is -0.132. The van der Waals surface area contributed by atoms with Crippen molar-refractivity contribution in [1.82, 2.24) is 5.32 Å². The summed E-state index contributed by atoms with van der Waals surface area (Å²) in [6.07, 6.45) is 16.6. The van der Waals surface area contributed by atoms with Gasteiger partial charge in [0.05, 0.1) is 0 Å². The molecule has 3 heteroatoms. The summed E-state index contributed by atoms with van der Waals surface area (Å²) in [5, 5.41) is 2.56. The van der Waals surface area contributed by atoms with Crippen molar-refractivity contribution in [2.75, 3.05) is 0 Å². The maximum atomic E-state index is 12.0. The van der Waals surface area contributed by atoms with Crippen molar-refractivity contribution in [1.29, 1.82) is 0 Å². The Hall–Kier alpha value is -0.860. The van der Waals surface area contributed by atoms with Gasteiger partial charge in [0, 0.05) is 11.8 Å². The van der Waals surface area contributed by atoms with Crippen molar-refractivity contribution in [3.8, 4) is 0 Å². The Morgan fingerprint density at radius 1 is 0.609 bits per heavy atom. The van der Waals surface area contributed by atoms with Crippen molar-refractivity contribution in [3.05, 3.63) is 0 Å². The number of hydrogen-bond acceptors (Lipinski definition) is 2. The first-order valence-corrected chi connectivity index (χ1v) is 10.0. The molecule has 0 aromatic heterocycles. The van der Waals surface area contributed by atoms with Gasteiger partial charge in [-0.3, -0.25) is 14.9 Å². The Kier molecular flexibility index (Phi) is 11.0. The van der Waals surface area contributed by atoms with E-state index in [1.54, 1.807) is 0 Å². The highest BCUT2D eigenvalue weighted by atomic mass is 16.2. The average Bonchev–Trinajstić information content (AvgIpc) is 2.80. The van der Waals surface area contributed by atoms with E-state index >= 15 is 0 Å². The summed E-state index contributed by atoms with van der Waals surface area (Å²) in [7, 11) is 0. The van der Waals surface area contributed by atoms with Crippen LogP contribution in [-0.2, 0) is 9.59 Å². The fraction of sp³-hybridized carbons (Fsp3) is 0.900. The highest BCUT2D eigenvalue weighted by Crippen LogP contribution is 2.29. The maximum absolute atomic E-state index is 12.0. The van der Waals surface area contributed by atoms with E-state index in [4.69, 9.17) is 0 Å². The maximum Gasteiger partial charge on any atom is 0.230 e. The van der Waals surface area contributed by atoms with Crippen LogP contribution in [0.25, 0.3) is 0 Å². The van der Waals surface area contributed by atoms with Crippen LogP contribution in [0.4, 0.5) is 0 Å². The van der Waals surface area contributed by atoms with Gasteiger partial charge in [0.2, 0.25) is 11.8 Å². The van der Waals surface area contributed by atoms with Gasteiger partial charge in [-0.1, -0.05) is 90.9 Å². The molecule has 1 heterocycles. The molecular formula is C20H37NO2. The van der Waals surface area contributed by atoms with Crippen LogP contribution < -0.4 is 5.32 Å². The van der Waals surface area contributed by atoms with Gasteiger partial charge >= 0.3 is 0 Å². The zero-order valence-corrected chi connectivity index (χ0v) is 15.4. The quantitative estimate of drug-likeness (QED) is 0.345. The summed E-state index contributed by atoms with van der Waals surface area (Å²) in [4.78, 5) is 24.0. The molecule has 0 radical (unpaired) electrons. The molecule has 0 aromatic carbocycles. The summed E-state index contributed by atoms with van der Waals surface area (Å²) in [6, 6.07) is 0. The van der Waals surface area contributed by atoms with E-state index in [0.717, 1.165) is 25.7 Å². The molecule has 2 atom stereocenters. The van der Waals surface area contributed by atoms with E-state index in [2.05, 4.69) is 19.2 Å². The molecule has 3 nitrogen and oxygen atoms in total. The zero-order valence-electron chi connectivity index (χ0n) is 15.4. The minimum absolute atomic E-state index is 0.0143. The molecule has 1 fully saturated rings. The number of carbonyl (C=O) groups excluding carboxylic acids is 2. The van der Waals surface area contributed by atoms with Gasteiger partial charge in [0.25, 0.3) is 0 Å². The third kappa shape index (κ3) is 7.99. The SMILES string of the molecule is CCCCCCCCC1C(=O)NC(=O)C1CCCCCCCC. The van der Waals surface area contributed by atoms with Crippen molar-refractivity contribution in [3.63, 3.8) is 0 Å². The normalized spacial score (nSPS) is 21.0. The van der Waals surface area contributed by atoms with Crippen LogP contribution in [0.5, 0.6) is 0 Å². The lowest BCUT2D eigenvalue weighted by molar-refractivity contribution is -0.126. The second-order valence-electron chi connectivity index (χ2n) is 7.18. The number of nitrogens with one attached hydrogen (secondary N) is 1. The topological polar surface area (TPSA) is 46.2 Å². The summed E-state index contributed by atoms with van der Waals surface area (Å²) in [6.45, 7) is 4.45. The van der Waals surface area contributed by atoms with Crippen molar-refractivity contribution >= 4 is 11.8 Å². The van der Waals surface area contributed by atoms with Crippen molar-refractivity contribution < 1.29 is 9.59 Å². The second kappa shape index (κ2) is 12.5. The lowest BCUT2D eigenvalue weighted by Crippen LogP contribution is -2.22. The van der Waals surface area contributed by atoms with Crippen LogP contribution in [-0.4, -0.2) is 11.8 Å². The predicted molar refractivity (Wildman–Crippen MR) is 96.1 cm³/mol. The van der Waals surface area contributed by atoms with Crippen LogP contribution in [0.1, 0.15) is 104 Å². The molecule has 1 aliphatic rings. The van der Waals surface area contributed by atoms with Gasteiger partial charge < -0.3 is 0 Å². The van der Waals surface area contributed by atoms with Crippen LogP contribution in [0.3, 0.4) is 0 Å². The number of rotatable bonds is 14. The van der Waals surface area contributed by atoms with E-state index in [0.29, 0.717) is 0 Å². The van der Waals surface area contributed by atoms with E-state index in [1.807, 2.05) is 0 Å². The Balaban J connectivity index is 2.22. The molecule has 134 valence electrons. The highest BCUT2D eigenvalue weighted by molar-refractivity contribution is 6.04. The third-order valence-electron chi connectivity index (χ3n) is 5.14. The number of amides is 2. The van der Waals surface area contributed by atoms with E-state index < -0.39 is 0 Å². The van der Waals surface area contributed by atoms with Crippen molar-refractivity contribution in [2.24, 2.45) is 11.8 Å². The van der Waals surface area contributed by atoms with Crippen molar-refractivity contribution in [2.45, 2.75) is 104 Å². The molecule has 0 aliphatic carbocycles. The molecule has 1 saturated heterocycles. The summed E-state index contributed by atoms with van der Waals surface area (Å²) < 4.78 is 0. The van der Waals surface area contributed by atoms with E-state index in [-0.39, 0.29) is 23.7 Å². The van der Waals surface area contributed by atoms with Gasteiger partial charge in [-0.15, -0.1) is 0 Å². The van der Waals surface area contributed by atoms with Crippen LogP contribution in [0.2, 0.25) is 0 Å². The summed E-state index contributed by atoms with van der Waals surface area (Å²) >= 11 is 0. The highest BCUT2D eigenvalue weighted by Gasteiger charge is 2.40. The molecule has 2 amide bonds. The second-order valence-corrected chi connectivity index (χ2v) is 7.18. The standard InChI is InChI=1S/C20H37NO2/c1-3-5-7-9-11-13-15-17-18(20(23)21-19(17)22)16-14-12-10-8-6-4-2/h17-18H,3-16H2,1-2H3,(H,21,22,23). The molecule has 0 saturated carbocycles. The first-order chi connectivity index (χ1) is 11.2. The fourth-order valence-corrected chi connectivity index (χ4v) is 3.63. The number of hydrogen-bond donors (Lipinski definition) is 1. The lowest BCUT2D eigenvalue weighted by atomic mass is 9.86. The van der Waals surface area contributed by atoms with Gasteiger partial charge in [-0.2, -0.15) is 0 Å². The Morgan fingerprint density at radius 3 is 1.35 bits per heavy atom. The minimum Gasteiger partial charge on any atom is -0.296 e. The first kappa shape index (κ1) is 20.2. The smallest absolute Gasteiger partial charge is 0.230 e. The third-order valence-corrected chi connectivity index (χ3v) is 5.14. The van der Waals surface area contributed by atoms with Crippen LogP contribution >= 0.6 is 0 Å². The summed E-state index contributed by atoms with van der Waals surface area (Å²) in [5.41, 5.74) is 0. The predicted octanol–water partition coefficient (Wildman–Crippen LogP) is 5.38. The Morgan fingerprint density at radius 2 is 0.957 bits per heavy atom. The van der Waals surface area contributed by atoms with Gasteiger partial charge in [-0.25, -0.2) is 0 Å². The first-order valence-electron chi connectivity index (χ1n) is 10.0. The molecule has 0 bridgehead atoms. The van der Waals surface area contributed by atoms with Gasteiger partial charge in [-0.05, 0) is 12.8 Å². The molecule has 0 spiro atoms. The number of imide groups is 1. The fourth-order valence-electron chi connectivity index (χ4n) is 3.63. The number of carbonyl (C=O) groups is 2. The minimum atomic E-state index is -0.0516. The van der Waals surface area contributed by atoms with Gasteiger partial charge in [0.15, 0.2) is 0 Å². The Labute approximate surface area is 143 Å². The molecule has 1 rings (SSSR count). The Bertz CT molecular complexity index is 309.